The van der Waals surface area contributed by atoms with E-state index in [1.54, 1.807) is 0 Å². The molecule has 0 aliphatic heterocycles. The number of aromatic amines is 2. The molecule has 4 aromatic rings. The normalized spacial score (nSPS) is 16.5. The molecule has 5 nitrogen and oxygen atoms in total. The van der Waals surface area contributed by atoms with Crippen LogP contribution in [0.25, 0.3) is 33.1 Å². The minimum atomic E-state index is 0.0411. The molecule has 0 amide bonds. The van der Waals surface area contributed by atoms with Crippen molar-refractivity contribution in [2.45, 2.75) is 51.9 Å². The van der Waals surface area contributed by atoms with E-state index in [0.717, 1.165) is 44.3 Å². The monoisotopic (exact) mass is 386 g/mol. The van der Waals surface area contributed by atoms with Gasteiger partial charge in [-0.3, -0.25) is 14.9 Å². The molecule has 3 heterocycles. The SMILES string of the molecule is Cc1cc(-c2n[nH]c3cc4[nH]c(=O)c(C(C)C5CCCCC5)cc4cc23)ccn1. The van der Waals surface area contributed by atoms with E-state index in [2.05, 4.69) is 39.2 Å². The van der Waals surface area contributed by atoms with Gasteiger partial charge in [-0.15, -0.1) is 0 Å². The molecule has 3 aromatic heterocycles. The third-order valence-corrected chi connectivity index (χ3v) is 6.57. The lowest BCUT2D eigenvalue weighted by Crippen LogP contribution is -2.21. The summed E-state index contributed by atoms with van der Waals surface area (Å²) >= 11 is 0. The molecule has 1 saturated carbocycles. The Kier molecular flexibility index (Phi) is 4.46. The molecule has 148 valence electrons. The van der Waals surface area contributed by atoms with Gasteiger partial charge in [-0.1, -0.05) is 26.2 Å². The minimum Gasteiger partial charge on any atom is -0.322 e. The van der Waals surface area contributed by atoms with Gasteiger partial charge in [0.05, 0.1) is 11.0 Å². The van der Waals surface area contributed by atoms with E-state index >= 15 is 0 Å². The van der Waals surface area contributed by atoms with Gasteiger partial charge in [-0.05, 0) is 67.3 Å². The number of pyridine rings is 2. The number of aromatic nitrogens is 4. The Balaban J connectivity index is 1.63. The van der Waals surface area contributed by atoms with Gasteiger partial charge in [0.2, 0.25) is 0 Å². The number of benzene rings is 1. The van der Waals surface area contributed by atoms with Crippen LogP contribution in [-0.2, 0) is 0 Å². The second-order valence-electron chi connectivity index (χ2n) is 8.48. The van der Waals surface area contributed by atoms with E-state index in [1.165, 1.54) is 32.1 Å². The minimum absolute atomic E-state index is 0.0411. The molecule has 29 heavy (non-hydrogen) atoms. The molecule has 1 fully saturated rings. The van der Waals surface area contributed by atoms with Crippen LogP contribution in [0.3, 0.4) is 0 Å². The fourth-order valence-electron chi connectivity index (χ4n) is 4.88. The first-order chi connectivity index (χ1) is 14.1. The lowest BCUT2D eigenvalue weighted by molar-refractivity contribution is 0.315. The Morgan fingerprint density at radius 1 is 1.07 bits per heavy atom. The summed E-state index contributed by atoms with van der Waals surface area (Å²) in [5.74, 6) is 0.890. The van der Waals surface area contributed by atoms with Crippen LogP contribution in [0.15, 0.2) is 41.3 Å². The summed E-state index contributed by atoms with van der Waals surface area (Å²) in [4.78, 5) is 20.2. The number of nitrogens with zero attached hydrogens (tertiary/aromatic N) is 2. The van der Waals surface area contributed by atoms with Crippen molar-refractivity contribution in [1.82, 2.24) is 20.2 Å². The Morgan fingerprint density at radius 2 is 1.90 bits per heavy atom. The molecule has 5 rings (SSSR count). The van der Waals surface area contributed by atoms with Gasteiger partial charge in [-0.25, -0.2) is 0 Å². The van der Waals surface area contributed by atoms with Crippen molar-refractivity contribution in [1.29, 1.82) is 0 Å². The van der Waals surface area contributed by atoms with Crippen molar-refractivity contribution in [3.05, 3.63) is 58.1 Å². The first kappa shape index (κ1) is 18.1. The largest absolute Gasteiger partial charge is 0.322 e. The lowest BCUT2D eigenvalue weighted by Gasteiger charge is -2.27. The van der Waals surface area contributed by atoms with Gasteiger partial charge in [0.25, 0.3) is 5.56 Å². The number of nitrogens with one attached hydrogen (secondary N) is 2. The Morgan fingerprint density at radius 3 is 2.69 bits per heavy atom. The first-order valence-electron chi connectivity index (χ1n) is 10.6. The highest BCUT2D eigenvalue weighted by molar-refractivity contribution is 6.01. The molecular weight excluding hydrogens is 360 g/mol. The number of H-pyrrole nitrogens is 2. The molecule has 0 saturated heterocycles. The maximum Gasteiger partial charge on any atom is 0.251 e. The van der Waals surface area contributed by atoms with Crippen LogP contribution in [-0.4, -0.2) is 20.2 Å². The molecule has 1 aromatic carbocycles. The zero-order chi connectivity index (χ0) is 20.0. The van der Waals surface area contributed by atoms with Gasteiger partial charge in [0, 0.05) is 28.4 Å². The highest BCUT2D eigenvalue weighted by Gasteiger charge is 2.24. The molecule has 1 aliphatic carbocycles. The molecule has 1 atom stereocenters. The van der Waals surface area contributed by atoms with E-state index in [0.29, 0.717) is 5.92 Å². The van der Waals surface area contributed by atoms with Crippen molar-refractivity contribution in [3.8, 4) is 11.3 Å². The van der Waals surface area contributed by atoms with E-state index in [4.69, 9.17) is 0 Å². The van der Waals surface area contributed by atoms with E-state index in [-0.39, 0.29) is 11.5 Å². The smallest absolute Gasteiger partial charge is 0.251 e. The summed E-state index contributed by atoms with van der Waals surface area (Å²) in [6.07, 6.45) is 8.16. The quantitative estimate of drug-likeness (QED) is 0.491. The summed E-state index contributed by atoms with van der Waals surface area (Å²) < 4.78 is 0. The average molecular weight is 386 g/mol. The average Bonchev–Trinajstić information content (AvgIpc) is 3.14. The van der Waals surface area contributed by atoms with Crippen LogP contribution in [0.5, 0.6) is 0 Å². The van der Waals surface area contributed by atoms with Gasteiger partial charge in [0.1, 0.15) is 5.69 Å². The number of fused-ring (bicyclic) bond motifs is 2. The van der Waals surface area contributed by atoms with E-state index < -0.39 is 0 Å². The Labute approximate surface area is 169 Å². The molecule has 2 N–H and O–H groups in total. The number of hydrogen-bond donors (Lipinski definition) is 2. The standard InChI is InChI=1S/C24H26N4O/c1-14-10-17(8-9-25-14)23-20-12-18-11-19(15(2)16-6-4-3-5-7-16)24(29)26-21(18)13-22(20)27-28-23/h8-13,15-16H,3-7H2,1-2H3,(H,26,29)(H,27,28). The molecule has 1 aliphatic rings. The molecule has 0 bridgehead atoms. The highest BCUT2D eigenvalue weighted by Crippen LogP contribution is 2.36. The summed E-state index contributed by atoms with van der Waals surface area (Å²) in [6.45, 7) is 4.20. The molecular formula is C24H26N4O. The van der Waals surface area contributed by atoms with Crippen molar-refractivity contribution >= 4 is 21.8 Å². The van der Waals surface area contributed by atoms with E-state index in [1.807, 2.05) is 31.3 Å². The molecule has 0 spiro atoms. The maximum atomic E-state index is 12.8. The first-order valence-corrected chi connectivity index (χ1v) is 10.6. The summed E-state index contributed by atoms with van der Waals surface area (Å²) in [5.41, 5.74) is 5.65. The number of hydrogen-bond acceptors (Lipinski definition) is 3. The lowest BCUT2D eigenvalue weighted by atomic mass is 9.78. The third-order valence-electron chi connectivity index (χ3n) is 6.57. The van der Waals surface area contributed by atoms with Crippen LogP contribution in [0.1, 0.15) is 56.2 Å². The second kappa shape index (κ2) is 7.14. The van der Waals surface area contributed by atoms with Gasteiger partial charge in [0.15, 0.2) is 0 Å². The summed E-state index contributed by atoms with van der Waals surface area (Å²) in [5, 5.41) is 9.77. The van der Waals surface area contributed by atoms with Gasteiger partial charge >= 0.3 is 0 Å². The van der Waals surface area contributed by atoms with Crippen LogP contribution >= 0.6 is 0 Å². The van der Waals surface area contributed by atoms with Crippen LogP contribution < -0.4 is 5.56 Å². The Hall–Kier alpha value is -2.95. The molecule has 1 unspecified atom stereocenters. The number of rotatable bonds is 3. The molecule has 5 heteroatoms. The fraction of sp³-hybridized carbons (Fsp3) is 0.375. The predicted octanol–water partition coefficient (Wildman–Crippen LogP) is 5.46. The van der Waals surface area contributed by atoms with Crippen LogP contribution in [0.4, 0.5) is 0 Å². The zero-order valence-electron chi connectivity index (χ0n) is 17.0. The predicted molar refractivity (Wildman–Crippen MR) is 117 cm³/mol. The van der Waals surface area contributed by atoms with Crippen molar-refractivity contribution < 1.29 is 0 Å². The van der Waals surface area contributed by atoms with Gasteiger partial charge in [-0.2, -0.15) is 5.10 Å². The van der Waals surface area contributed by atoms with Crippen molar-refractivity contribution in [3.63, 3.8) is 0 Å². The summed E-state index contributed by atoms with van der Waals surface area (Å²) in [7, 11) is 0. The maximum absolute atomic E-state index is 12.8. The number of aryl methyl sites for hydroxylation is 1. The topological polar surface area (TPSA) is 74.4 Å². The Bertz CT molecular complexity index is 1250. The highest BCUT2D eigenvalue weighted by atomic mass is 16.1. The summed E-state index contributed by atoms with van der Waals surface area (Å²) in [6, 6.07) is 10.3. The zero-order valence-corrected chi connectivity index (χ0v) is 17.0. The fourth-order valence-corrected chi connectivity index (χ4v) is 4.88. The van der Waals surface area contributed by atoms with Crippen LogP contribution in [0.2, 0.25) is 0 Å². The molecule has 0 radical (unpaired) electrons. The third kappa shape index (κ3) is 3.24. The van der Waals surface area contributed by atoms with E-state index in [9.17, 15) is 4.79 Å². The van der Waals surface area contributed by atoms with Crippen molar-refractivity contribution in [2.75, 3.05) is 0 Å². The van der Waals surface area contributed by atoms with Crippen LogP contribution in [0, 0.1) is 12.8 Å². The second-order valence-corrected chi connectivity index (χ2v) is 8.48. The van der Waals surface area contributed by atoms with Gasteiger partial charge < -0.3 is 4.98 Å². The van der Waals surface area contributed by atoms with Crippen molar-refractivity contribution in [2.24, 2.45) is 5.92 Å².